The molecule has 0 fully saturated rings. The molecule has 0 radical (unpaired) electrons. The average molecular weight is 150 g/mol. The molecule has 0 saturated carbocycles. The second-order valence-electron chi connectivity index (χ2n) is 2.48. The molecule has 0 aromatic carbocycles. The van der Waals surface area contributed by atoms with Crippen molar-refractivity contribution in [2.75, 3.05) is 0 Å². The van der Waals surface area contributed by atoms with Crippen LogP contribution in [0.1, 0.15) is 19.8 Å². The topological polar surface area (TPSA) is 37.3 Å². The Balaban J connectivity index is 2.64. The number of hydrogen-bond acceptors (Lipinski definition) is 1. The van der Waals surface area contributed by atoms with Crippen molar-refractivity contribution in [1.82, 2.24) is 0 Å². The van der Waals surface area contributed by atoms with Crippen LogP contribution in [0.5, 0.6) is 0 Å². The Morgan fingerprint density at radius 2 is 2.64 bits per heavy atom. The molecule has 0 aliphatic heterocycles. The number of hydrogen-bond donors (Lipinski definition) is 1. The summed E-state index contributed by atoms with van der Waals surface area (Å²) in [6.45, 7) is 2.02. The van der Waals surface area contributed by atoms with Crippen LogP contribution in [0.15, 0.2) is 11.6 Å². The van der Waals surface area contributed by atoms with E-state index in [-0.39, 0.29) is 0 Å². The van der Waals surface area contributed by atoms with Crippen molar-refractivity contribution in [2.45, 2.75) is 19.8 Å². The molecule has 1 N–H and O–H groups in total. The van der Waals surface area contributed by atoms with Crippen LogP contribution in [0, 0.1) is 17.8 Å². The monoisotopic (exact) mass is 150 g/mol. The molecule has 0 bridgehead atoms. The van der Waals surface area contributed by atoms with Gasteiger partial charge in [0.2, 0.25) is 0 Å². The van der Waals surface area contributed by atoms with Crippen molar-refractivity contribution in [1.29, 1.82) is 0 Å². The summed E-state index contributed by atoms with van der Waals surface area (Å²) < 4.78 is 0. The van der Waals surface area contributed by atoms with E-state index in [2.05, 4.69) is 11.8 Å². The van der Waals surface area contributed by atoms with E-state index in [0.29, 0.717) is 6.42 Å². The molecule has 2 nitrogen and oxygen atoms in total. The highest BCUT2D eigenvalue weighted by molar-refractivity contribution is 5.74. The zero-order valence-electron chi connectivity index (χ0n) is 6.42. The summed E-state index contributed by atoms with van der Waals surface area (Å²) in [6.07, 6.45) is 3.38. The molecular weight excluding hydrogens is 140 g/mol. The first-order chi connectivity index (χ1) is 5.24. The maximum Gasteiger partial charge on any atom is 0.319 e. The van der Waals surface area contributed by atoms with Gasteiger partial charge in [-0.2, -0.15) is 0 Å². The third kappa shape index (κ3) is 1.84. The standard InChI is InChI=1S/C9H10O2/c1-2-7-3-5-8(6-4-7)9(10)11/h3,8H,2,5H2,1H3,(H,10,11). The Bertz CT molecular complexity index is 252. The first-order valence-corrected chi connectivity index (χ1v) is 3.67. The number of aliphatic carboxylic acids is 1. The van der Waals surface area contributed by atoms with E-state index in [1.54, 1.807) is 0 Å². The van der Waals surface area contributed by atoms with Crippen LogP contribution >= 0.6 is 0 Å². The second kappa shape index (κ2) is 3.25. The highest BCUT2D eigenvalue weighted by Gasteiger charge is 2.14. The van der Waals surface area contributed by atoms with Crippen molar-refractivity contribution in [3.63, 3.8) is 0 Å². The van der Waals surface area contributed by atoms with Gasteiger partial charge in [-0.1, -0.05) is 24.8 Å². The average Bonchev–Trinajstić information content (AvgIpc) is 2.05. The van der Waals surface area contributed by atoms with Crippen molar-refractivity contribution in [3.8, 4) is 11.8 Å². The summed E-state index contributed by atoms with van der Waals surface area (Å²) in [7, 11) is 0. The molecule has 1 atom stereocenters. The van der Waals surface area contributed by atoms with Crippen LogP contribution in [-0.2, 0) is 4.79 Å². The first kappa shape index (κ1) is 7.87. The highest BCUT2D eigenvalue weighted by Crippen LogP contribution is 2.12. The van der Waals surface area contributed by atoms with E-state index in [9.17, 15) is 4.79 Å². The lowest BCUT2D eigenvalue weighted by Gasteiger charge is -2.06. The molecule has 0 aromatic rings. The summed E-state index contributed by atoms with van der Waals surface area (Å²) in [6, 6.07) is 0. The fourth-order valence-electron chi connectivity index (χ4n) is 0.945. The van der Waals surface area contributed by atoms with Crippen molar-refractivity contribution in [2.24, 2.45) is 5.92 Å². The van der Waals surface area contributed by atoms with Gasteiger partial charge in [0, 0.05) is 0 Å². The highest BCUT2D eigenvalue weighted by atomic mass is 16.4. The molecule has 0 heterocycles. The zero-order chi connectivity index (χ0) is 8.27. The normalized spacial score (nSPS) is 21.5. The molecule has 0 saturated heterocycles. The van der Waals surface area contributed by atoms with Gasteiger partial charge in [-0.05, 0) is 18.4 Å². The van der Waals surface area contributed by atoms with Crippen LogP contribution in [0.2, 0.25) is 0 Å². The van der Waals surface area contributed by atoms with Crippen LogP contribution in [-0.4, -0.2) is 11.1 Å². The maximum atomic E-state index is 10.4. The fourth-order valence-corrected chi connectivity index (χ4v) is 0.945. The number of carboxylic acid groups (broad SMARTS) is 1. The predicted molar refractivity (Wildman–Crippen MR) is 41.9 cm³/mol. The van der Waals surface area contributed by atoms with Crippen LogP contribution in [0.3, 0.4) is 0 Å². The summed E-state index contributed by atoms with van der Waals surface area (Å²) >= 11 is 0. The third-order valence-electron chi connectivity index (χ3n) is 1.69. The van der Waals surface area contributed by atoms with Crippen molar-refractivity contribution < 1.29 is 9.90 Å². The minimum atomic E-state index is -0.816. The van der Waals surface area contributed by atoms with Gasteiger partial charge in [-0.25, -0.2) is 0 Å². The van der Waals surface area contributed by atoms with Gasteiger partial charge in [0.1, 0.15) is 5.92 Å². The second-order valence-corrected chi connectivity index (χ2v) is 2.48. The Morgan fingerprint density at radius 1 is 1.91 bits per heavy atom. The third-order valence-corrected chi connectivity index (χ3v) is 1.69. The minimum Gasteiger partial charge on any atom is -0.480 e. The minimum absolute atomic E-state index is 0.481. The van der Waals surface area contributed by atoms with Crippen molar-refractivity contribution in [3.05, 3.63) is 11.6 Å². The largest absolute Gasteiger partial charge is 0.480 e. The number of carboxylic acids is 1. The van der Waals surface area contributed by atoms with E-state index >= 15 is 0 Å². The smallest absolute Gasteiger partial charge is 0.319 e. The molecule has 58 valence electrons. The molecule has 1 rings (SSSR count). The fraction of sp³-hybridized carbons (Fsp3) is 0.444. The number of carbonyl (C=O) groups is 1. The number of allylic oxidation sites excluding steroid dienone is 2. The van der Waals surface area contributed by atoms with Gasteiger partial charge in [0.25, 0.3) is 0 Å². The lowest BCUT2D eigenvalue weighted by molar-refractivity contribution is -0.139. The molecule has 1 unspecified atom stereocenters. The molecule has 0 spiro atoms. The maximum absolute atomic E-state index is 10.4. The van der Waals surface area contributed by atoms with Gasteiger partial charge in [0.15, 0.2) is 0 Å². The quantitative estimate of drug-likeness (QED) is 0.604. The van der Waals surface area contributed by atoms with Gasteiger partial charge >= 0.3 is 5.97 Å². The lowest BCUT2D eigenvalue weighted by atomic mass is 9.98. The molecule has 0 aromatic heterocycles. The van der Waals surface area contributed by atoms with Crippen LogP contribution in [0.25, 0.3) is 0 Å². The van der Waals surface area contributed by atoms with E-state index in [4.69, 9.17) is 5.11 Å². The van der Waals surface area contributed by atoms with E-state index in [0.717, 1.165) is 12.0 Å². The first-order valence-electron chi connectivity index (χ1n) is 3.67. The lowest BCUT2D eigenvalue weighted by Crippen LogP contribution is -2.12. The summed E-state index contributed by atoms with van der Waals surface area (Å²) in [5.41, 5.74) is 1.06. The molecular formula is C9H10O2. The Morgan fingerprint density at radius 3 is 3.00 bits per heavy atom. The molecule has 1 aliphatic carbocycles. The van der Waals surface area contributed by atoms with Crippen molar-refractivity contribution >= 4 is 5.97 Å². The SMILES string of the molecule is CCC1=CCC(C(=O)O)C#C1. The molecule has 0 amide bonds. The zero-order valence-corrected chi connectivity index (χ0v) is 6.42. The molecule has 11 heavy (non-hydrogen) atoms. The van der Waals surface area contributed by atoms with E-state index in [1.165, 1.54) is 0 Å². The predicted octanol–water partition coefficient (Wildman–Crippen LogP) is 1.43. The van der Waals surface area contributed by atoms with Gasteiger partial charge in [-0.3, -0.25) is 4.79 Å². The number of rotatable bonds is 2. The Labute approximate surface area is 65.9 Å². The van der Waals surface area contributed by atoms with Gasteiger partial charge in [0.05, 0.1) is 0 Å². The Kier molecular flexibility index (Phi) is 2.32. The van der Waals surface area contributed by atoms with Gasteiger partial charge in [-0.15, -0.1) is 0 Å². The van der Waals surface area contributed by atoms with E-state index < -0.39 is 11.9 Å². The van der Waals surface area contributed by atoms with E-state index in [1.807, 2.05) is 13.0 Å². The summed E-state index contributed by atoms with van der Waals surface area (Å²) in [5, 5.41) is 8.57. The van der Waals surface area contributed by atoms with Crippen LogP contribution in [0.4, 0.5) is 0 Å². The van der Waals surface area contributed by atoms with Gasteiger partial charge < -0.3 is 5.11 Å². The molecule has 2 heteroatoms. The van der Waals surface area contributed by atoms with Crippen LogP contribution < -0.4 is 0 Å². The summed E-state index contributed by atoms with van der Waals surface area (Å²) in [4.78, 5) is 10.4. The molecule has 1 aliphatic rings. The summed E-state index contributed by atoms with van der Waals surface area (Å²) in [5.74, 6) is 4.24. The Hall–Kier alpha value is -1.23.